The maximum atomic E-state index is 5.82. The third kappa shape index (κ3) is 5.56. The Bertz CT molecular complexity index is 528. The zero-order valence-corrected chi connectivity index (χ0v) is 13.0. The molecule has 0 amide bonds. The number of aromatic nitrogens is 1. The summed E-state index contributed by atoms with van der Waals surface area (Å²) >= 11 is 0. The van der Waals surface area contributed by atoms with E-state index in [-0.39, 0.29) is 0 Å². The summed E-state index contributed by atoms with van der Waals surface area (Å²) in [4.78, 5) is 6.39. The lowest BCUT2D eigenvalue weighted by atomic mass is 10.2. The third-order valence-corrected chi connectivity index (χ3v) is 3.57. The van der Waals surface area contributed by atoms with Crippen molar-refractivity contribution in [1.29, 1.82) is 0 Å². The van der Waals surface area contributed by atoms with Gasteiger partial charge < -0.3 is 9.64 Å². The van der Waals surface area contributed by atoms with Crippen LogP contribution in [-0.2, 0) is 6.42 Å². The smallest absolute Gasteiger partial charge is 0.122 e. The van der Waals surface area contributed by atoms with Gasteiger partial charge in [-0.3, -0.25) is 4.98 Å². The van der Waals surface area contributed by atoms with Crippen LogP contribution in [0.2, 0.25) is 0 Å². The summed E-state index contributed by atoms with van der Waals surface area (Å²) < 4.78 is 5.82. The van der Waals surface area contributed by atoms with E-state index in [2.05, 4.69) is 42.1 Å². The van der Waals surface area contributed by atoms with Crippen molar-refractivity contribution in [2.24, 2.45) is 0 Å². The van der Waals surface area contributed by atoms with Gasteiger partial charge in [0.2, 0.25) is 0 Å². The molecule has 0 saturated carbocycles. The van der Waals surface area contributed by atoms with E-state index in [1.54, 1.807) is 0 Å². The number of rotatable bonds is 8. The first-order valence-corrected chi connectivity index (χ1v) is 7.51. The molecular formula is C18H24N2O. The first-order chi connectivity index (χ1) is 10.3. The number of ether oxygens (including phenoxy) is 1. The molecule has 0 atom stereocenters. The van der Waals surface area contributed by atoms with Gasteiger partial charge in [0, 0.05) is 25.5 Å². The van der Waals surface area contributed by atoms with E-state index < -0.39 is 0 Å². The highest BCUT2D eigenvalue weighted by Gasteiger charge is 2.01. The summed E-state index contributed by atoms with van der Waals surface area (Å²) in [5.41, 5.74) is 2.54. The molecule has 3 heteroatoms. The van der Waals surface area contributed by atoms with Crippen molar-refractivity contribution in [3.63, 3.8) is 0 Å². The molecule has 0 unspecified atom stereocenters. The van der Waals surface area contributed by atoms with Crippen LogP contribution in [-0.4, -0.2) is 36.6 Å². The molecule has 0 aliphatic carbocycles. The number of hydrogen-bond acceptors (Lipinski definition) is 3. The molecule has 0 fully saturated rings. The Hall–Kier alpha value is -1.87. The molecule has 2 aromatic rings. The van der Waals surface area contributed by atoms with Crippen molar-refractivity contribution >= 4 is 0 Å². The van der Waals surface area contributed by atoms with E-state index in [1.165, 1.54) is 11.1 Å². The van der Waals surface area contributed by atoms with Crippen LogP contribution in [0.3, 0.4) is 0 Å². The topological polar surface area (TPSA) is 25.4 Å². The molecule has 0 bridgehead atoms. The minimum absolute atomic E-state index is 0.768. The lowest BCUT2D eigenvalue weighted by Crippen LogP contribution is -2.23. The predicted octanol–water partition coefficient (Wildman–Crippen LogP) is 3.33. The second-order valence-corrected chi connectivity index (χ2v) is 5.38. The zero-order chi connectivity index (χ0) is 14.9. The van der Waals surface area contributed by atoms with Gasteiger partial charge in [-0.2, -0.15) is 0 Å². The first-order valence-electron chi connectivity index (χ1n) is 7.51. The van der Waals surface area contributed by atoms with Crippen molar-refractivity contribution in [2.45, 2.75) is 19.8 Å². The average Bonchev–Trinajstić information content (AvgIpc) is 2.52. The molecule has 21 heavy (non-hydrogen) atoms. The standard InChI is InChI=1S/C18H24N2O/c1-16-6-3-4-7-18(16)21-15-5-13-20(2)14-10-17-8-11-19-12-9-17/h3-4,6-9,11-12H,5,10,13-15H2,1-2H3. The van der Waals surface area contributed by atoms with Crippen LogP contribution in [0.25, 0.3) is 0 Å². The Morgan fingerprint density at radius 1 is 1.05 bits per heavy atom. The van der Waals surface area contributed by atoms with Crippen molar-refractivity contribution in [1.82, 2.24) is 9.88 Å². The highest BCUT2D eigenvalue weighted by Crippen LogP contribution is 2.16. The lowest BCUT2D eigenvalue weighted by molar-refractivity contribution is 0.263. The van der Waals surface area contributed by atoms with E-state index in [0.29, 0.717) is 0 Å². The molecule has 0 spiro atoms. The number of hydrogen-bond donors (Lipinski definition) is 0. The number of para-hydroxylation sites is 1. The maximum Gasteiger partial charge on any atom is 0.122 e. The summed E-state index contributed by atoms with van der Waals surface area (Å²) in [7, 11) is 2.16. The molecule has 1 heterocycles. The highest BCUT2D eigenvalue weighted by atomic mass is 16.5. The Balaban J connectivity index is 1.61. The summed E-state index contributed by atoms with van der Waals surface area (Å²) in [6, 6.07) is 12.3. The zero-order valence-electron chi connectivity index (χ0n) is 13.0. The average molecular weight is 284 g/mol. The van der Waals surface area contributed by atoms with Crippen LogP contribution >= 0.6 is 0 Å². The SMILES string of the molecule is Cc1ccccc1OCCCN(C)CCc1ccncc1. The van der Waals surface area contributed by atoms with Crippen LogP contribution in [0, 0.1) is 6.92 Å². The number of pyridine rings is 1. The number of likely N-dealkylation sites (N-methyl/N-ethyl adjacent to an activating group) is 1. The largest absolute Gasteiger partial charge is 0.493 e. The van der Waals surface area contributed by atoms with Crippen LogP contribution in [0.1, 0.15) is 17.5 Å². The number of nitrogens with zero attached hydrogens (tertiary/aromatic N) is 2. The Labute approximate surface area is 127 Å². The lowest BCUT2D eigenvalue weighted by Gasteiger charge is -2.17. The Kier molecular flexibility index (Phi) is 6.22. The molecule has 0 radical (unpaired) electrons. The fourth-order valence-corrected chi connectivity index (χ4v) is 2.22. The first kappa shape index (κ1) is 15.5. The molecule has 0 N–H and O–H groups in total. The van der Waals surface area contributed by atoms with E-state index in [9.17, 15) is 0 Å². The van der Waals surface area contributed by atoms with E-state index in [1.807, 2.05) is 30.6 Å². The molecule has 0 saturated heterocycles. The van der Waals surface area contributed by atoms with Gasteiger partial charge in [-0.15, -0.1) is 0 Å². The fraction of sp³-hybridized carbons (Fsp3) is 0.389. The van der Waals surface area contributed by atoms with E-state index in [0.717, 1.165) is 38.3 Å². The van der Waals surface area contributed by atoms with Gasteiger partial charge in [-0.1, -0.05) is 18.2 Å². The highest BCUT2D eigenvalue weighted by molar-refractivity contribution is 5.31. The Morgan fingerprint density at radius 2 is 1.81 bits per heavy atom. The molecular weight excluding hydrogens is 260 g/mol. The van der Waals surface area contributed by atoms with Crippen LogP contribution in [0.4, 0.5) is 0 Å². The van der Waals surface area contributed by atoms with E-state index in [4.69, 9.17) is 4.74 Å². The summed E-state index contributed by atoms with van der Waals surface area (Å²) in [5.74, 6) is 0.997. The van der Waals surface area contributed by atoms with Gasteiger partial charge in [-0.05, 0) is 56.1 Å². The quantitative estimate of drug-likeness (QED) is 0.695. The summed E-state index contributed by atoms with van der Waals surface area (Å²) in [6.45, 7) is 4.96. The minimum Gasteiger partial charge on any atom is -0.493 e. The van der Waals surface area contributed by atoms with Crippen LogP contribution < -0.4 is 4.74 Å². The third-order valence-electron chi connectivity index (χ3n) is 3.57. The normalized spacial score (nSPS) is 10.8. The van der Waals surface area contributed by atoms with Crippen molar-refractivity contribution in [3.05, 3.63) is 59.9 Å². The molecule has 0 aliphatic heterocycles. The van der Waals surface area contributed by atoms with Crippen molar-refractivity contribution < 1.29 is 4.74 Å². The molecule has 112 valence electrons. The van der Waals surface area contributed by atoms with Gasteiger partial charge in [0.25, 0.3) is 0 Å². The minimum atomic E-state index is 0.768. The molecule has 1 aromatic heterocycles. The van der Waals surface area contributed by atoms with E-state index >= 15 is 0 Å². The molecule has 0 aliphatic rings. The molecule has 2 rings (SSSR count). The number of aryl methyl sites for hydroxylation is 1. The van der Waals surface area contributed by atoms with Crippen molar-refractivity contribution in [3.8, 4) is 5.75 Å². The van der Waals surface area contributed by atoms with Gasteiger partial charge in [0.1, 0.15) is 5.75 Å². The van der Waals surface area contributed by atoms with Crippen molar-refractivity contribution in [2.75, 3.05) is 26.7 Å². The van der Waals surface area contributed by atoms with Gasteiger partial charge in [0.15, 0.2) is 0 Å². The van der Waals surface area contributed by atoms with Gasteiger partial charge in [-0.25, -0.2) is 0 Å². The fourth-order valence-electron chi connectivity index (χ4n) is 2.22. The summed E-state index contributed by atoms with van der Waals surface area (Å²) in [6.07, 6.45) is 5.82. The summed E-state index contributed by atoms with van der Waals surface area (Å²) in [5, 5.41) is 0. The van der Waals surface area contributed by atoms with Gasteiger partial charge in [0.05, 0.1) is 6.61 Å². The second-order valence-electron chi connectivity index (χ2n) is 5.38. The van der Waals surface area contributed by atoms with Gasteiger partial charge >= 0.3 is 0 Å². The van der Waals surface area contributed by atoms with Crippen LogP contribution in [0.5, 0.6) is 5.75 Å². The molecule has 3 nitrogen and oxygen atoms in total. The second kappa shape index (κ2) is 8.42. The Morgan fingerprint density at radius 3 is 2.57 bits per heavy atom. The monoisotopic (exact) mass is 284 g/mol. The molecule has 1 aromatic carbocycles. The van der Waals surface area contributed by atoms with Crippen LogP contribution in [0.15, 0.2) is 48.8 Å². The predicted molar refractivity (Wildman–Crippen MR) is 86.7 cm³/mol. The number of benzene rings is 1. The maximum absolute atomic E-state index is 5.82.